The van der Waals surface area contributed by atoms with Crippen molar-refractivity contribution in [3.05, 3.63) is 0 Å². The summed E-state index contributed by atoms with van der Waals surface area (Å²) in [5.74, 6) is -1.89. The summed E-state index contributed by atoms with van der Waals surface area (Å²) in [6.07, 6.45) is -6.16. The number of carboxylic acids is 1. The molecule has 0 rings (SSSR count). The fourth-order valence-corrected chi connectivity index (χ4v) is 0.766. The van der Waals surface area contributed by atoms with Crippen LogP contribution >= 0.6 is 0 Å². The molecule has 8 heteroatoms. The summed E-state index contributed by atoms with van der Waals surface area (Å²) in [7, 11) is 0. The van der Waals surface area contributed by atoms with E-state index >= 15 is 0 Å². The zero-order valence-corrected chi connectivity index (χ0v) is 8.34. The van der Waals surface area contributed by atoms with Crippen molar-refractivity contribution in [3.8, 4) is 0 Å². The van der Waals surface area contributed by atoms with Gasteiger partial charge in [0.1, 0.15) is 6.61 Å². The maximum absolute atomic E-state index is 11.7. The van der Waals surface area contributed by atoms with Gasteiger partial charge in [-0.05, 0) is 0 Å². The van der Waals surface area contributed by atoms with E-state index in [1.165, 1.54) is 0 Å². The molecule has 0 heterocycles. The van der Waals surface area contributed by atoms with Crippen molar-refractivity contribution in [1.82, 2.24) is 5.32 Å². The highest BCUT2D eigenvalue weighted by Crippen LogP contribution is 2.20. The maximum Gasteiger partial charge on any atom is 0.389 e. The van der Waals surface area contributed by atoms with Gasteiger partial charge in [0.05, 0.1) is 13.0 Å². The zero-order valence-electron chi connectivity index (χ0n) is 8.34. The molecule has 0 spiro atoms. The zero-order chi connectivity index (χ0) is 12.6. The van der Waals surface area contributed by atoms with Gasteiger partial charge in [-0.15, -0.1) is 0 Å². The van der Waals surface area contributed by atoms with Gasteiger partial charge in [0, 0.05) is 13.0 Å². The molecule has 16 heavy (non-hydrogen) atoms. The number of ether oxygens (including phenoxy) is 1. The Kier molecular flexibility index (Phi) is 6.47. The smallest absolute Gasteiger partial charge is 0.389 e. The molecule has 0 radical (unpaired) electrons. The summed E-state index contributed by atoms with van der Waals surface area (Å²) in [5, 5.41) is 10.3. The van der Waals surface area contributed by atoms with Crippen molar-refractivity contribution in [2.45, 2.75) is 19.0 Å². The Hall–Kier alpha value is -1.31. The summed E-state index contributed by atoms with van der Waals surface area (Å²) >= 11 is 0. The topological polar surface area (TPSA) is 75.6 Å². The molecule has 0 aromatic carbocycles. The monoisotopic (exact) mass is 243 g/mol. The van der Waals surface area contributed by atoms with Crippen LogP contribution in [-0.4, -0.2) is 42.9 Å². The van der Waals surface area contributed by atoms with E-state index in [1.807, 2.05) is 0 Å². The number of hydrogen-bond donors (Lipinski definition) is 2. The number of carboxylic acid groups (broad SMARTS) is 1. The lowest BCUT2D eigenvalue weighted by Gasteiger charge is -2.07. The fraction of sp³-hybridized carbons (Fsp3) is 0.750. The van der Waals surface area contributed by atoms with Crippen LogP contribution in [0, 0.1) is 0 Å². The molecule has 0 saturated heterocycles. The Balaban J connectivity index is 3.41. The number of nitrogens with one attached hydrogen (secondary N) is 1. The fourth-order valence-electron chi connectivity index (χ4n) is 0.766. The molecular formula is C8H12F3NO4. The first kappa shape index (κ1) is 14.7. The molecule has 0 aliphatic carbocycles. The van der Waals surface area contributed by atoms with Crippen molar-refractivity contribution < 1.29 is 32.6 Å². The predicted octanol–water partition coefficient (Wildman–Crippen LogP) is 0.546. The van der Waals surface area contributed by atoms with Gasteiger partial charge in [0.25, 0.3) is 0 Å². The van der Waals surface area contributed by atoms with Gasteiger partial charge in [0.15, 0.2) is 0 Å². The number of alkyl halides is 3. The molecule has 0 atom stereocenters. The van der Waals surface area contributed by atoms with Crippen molar-refractivity contribution in [2.75, 3.05) is 19.8 Å². The van der Waals surface area contributed by atoms with Crippen LogP contribution < -0.4 is 5.32 Å². The van der Waals surface area contributed by atoms with E-state index in [9.17, 15) is 22.8 Å². The van der Waals surface area contributed by atoms with Crippen molar-refractivity contribution in [1.29, 1.82) is 0 Å². The highest BCUT2D eigenvalue weighted by atomic mass is 19.4. The number of hydrogen-bond acceptors (Lipinski definition) is 3. The van der Waals surface area contributed by atoms with E-state index in [2.05, 4.69) is 10.1 Å². The van der Waals surface area contributed by atoms with Crippen molar-refractivity contribution >= 4 is 11.9 Å². The van der Waals surface area contributed by atoms with E-state index in [4.69, 9.17) is 5.11 Å². The normalized spacial score (nSPS) is 11.2. The highest BCUT2D eigenvalue weighted by molar-refractivity contribution is 5.75. The second-order valence-corrected chi connectivity index (χ2v) is 2.91. The minimum atomic E-state index is -4.35. The van der Waals surface area contributed by atoms with Gasteiger partial charge in [-0.2, -0.15) is 13.2 Å². The van der Waals surface area contributed by atoms with Gasteiger partial charge in [0.2, 0.25) is 5.91 Å². The average Bonchev–Trinajstić information content (AvgIpc) is 2.12. The molecule has 0 fully saturated rings. The first-order valence-electron chi connectivity index (χ1n) is 4.44. The Morgan fingerprint density at radius 3 is 2.44 bits per heavy atom. The van der Waals surface area contributed by atoms with E-state index < -0.39 is 37.5 Å². The quantitative estimate of drug-likeness (QED) is 0.640. The lowest BCUT2D eigenvalue weighted by Crippen LogP contribution is -2.28. The molecule has 0 aromatic heterocycles. The Bertz CT molecular complexity index is 242. The first-order chi connectivity index (χ1) is 7.31. The second-order valence-electron chi connectivity index (χ2n) is 2.91. The van der Waals surface area contributed by atoms with Crippen molar-refractivity contribution in [2.24, 2.45) is 0 Å². The third-order valence-corrected chi connectivity index (χ3v) is 1.43. The maximum atomic E-state index is 11.7. The Morgan fingerprint density at radius 1 is 1.31 bits per heavy atom. The highest BCUT2D eigenvalue weighted by Gasteiger charge is 2.27. The molecule has 0 saturated carbocycles. The largest absolute Gasteiger partial charge is 0.480 e. The molecular weight excluding hydrogens is 231 g/mol. The molecule has 0 bridgehead atoms. The number of rotatable bonds is 7. The number of amides is 1. The van der Waals surface area contributed by atoms with E-state index in [0.29, 0.717) is 0 Å². The summed E-state index contributed by atoms with van der Waals surface area (Å²) in [6.45, 7) is -0.563. The molecule has 1 amide bonds. The van der Waals surface area contributed by atoms with Crippen LogP contribution in [0.15, 0.2) is 0 Å². The van der Waals surface area contributed by atoms with Crippen LogP contribution in [0.2, 0.25) is 0 Å². The minimum Gasteiger partial charge on any atom is -0.480 e. The number of aliphatic carboxylic acids is 1. The molecule has 2 N–H and O–H groups in total. The molecule has 5 nitrogen and oxygen atoms in total. The lowest BCUT2D eigenvalue weighted by molar-refractivity contribution is -0.144. The number of carbonyl (C=O) groups excluding carboxylic acids is 1. The lowest BCUT2D eigenvalue weighted by atomic mass is 10.3. The van der Waals surface area contributed by atoms with Crippen LogP contribution in [0.25, 0.3) is 0 Å². The van der Waals surface area contributed by atoms with Crippen LogP contribution in [0.1, 0.15) is 12.8 Å². The number of carbonyl (C=O) groups is 2. The van der Waals surface area contributed by atoms with E-state index in [0.717, 1.165) is 0 Å². The first-order valence-corrected chi connectivity index (χ1v) is 4.44. The summed E-state index contributed by atoms with van der Waals surface area (Å²) in [6, 6.07) is 0. The Morgan fingerprint density at radius 2 is 1.94 bits per heavy atom. The van der Waals surface area contributed by atoms with Crippen LogP contribution in [-0.2, 0) is 14.3 Å². The molecule has 0 aliphatic heterocycles. The number of halogens is 3. The van der Waals surface area contributed by atoms with Crippen LogP contribution in [0.5, 0.6) is 0 Å². The van der Waals surface area contributed by atoms with Gasteiger partial charge < -0.3 is 15.2 Å². The minimum absolute atomic E-state index is 0.00995. The van der Waals surface area contributed by atoms with Crippen molar-refractivity contribution in [3.63, 3.8) is 0 Å². The summed E-state index contributed by atoms with van der Waals surface area (Å²) < 4.78 is 39.6. The Labute approximate surface area is 89.6 Å². The van der Waals surface area contributed by atoms with Gasteiger partial charge in [-0.3, -0.25) is 4.79 Å². The van der Waals surface area contributed by atoms with E-state index in [1.54, 1.807) is 0 Å². The third kappa shape index (κ3) is 10.8. The van der Waals surface area contributed by atoms with Gasteiger partial charge in [-0.25, -0.2) is 4.79 Å². The molecule has 94 valence electrons. The van der Waals surface area contributed by atoms with Crippen LogP contribution in [0.4, 0.5) is 13.2 Å². The summed E-state index contributed by atoms with van der Waals surface area (Å²) in [5.41, 5.74) is 0. The van der Waals surface area contributed by atoms with Gasteiger partial charge in [-0.1, -0.05) is 0 Å². The molecule has 0 aromatic rings. The summed E-state index contributed by atoms with van der Waals surface area (Å²) in [4.78, 5) is 20.8. The second kappa shape index (κ2) is 7.04. The molecule has 0 aliphatic rings. The van der Waals surface area contributed by atoms with Gasteiger partial charge >= 0.3 is 12.1 Å². The average molecular weight is 243 g/mol. The predicted molar refractivity (Wildman–Crippen MR) is 46.8 cm³/mol. The standard InChI is InChI=1S/C8H12F3NO4/c9-8(10,11)2-1-6(13)12-3-4-16-5-7(14)15/h1-5H2,(H,12,13)(H,14,15). The molecule has 0 unspecified atom stereocenters. The van der Waals surface area contributed by atoms with Crippen LogP contribution in [0.3, 0.4) is 0 Å². The van der Waals surface area contributed by atoms with E-state index in [-0.39, 0.29) is 13.2 Å². The third-order valence-electron chi connectivity index (χ3n) is 1.43. The SMILES string of the molecule is O=C(O)COCCNC(=O)CCC(F)(F)F.